The number of dihydropyridines is 1. The van der Waals surface area contributed by atoms with Crippen LogP contribution in [0.2, 0.25) is 0 Å². The van der Waals surface area contributed by atoms with Crippen molar-refractivity contribution in [2.45, 2.75) is 44.2 Å². The molecule has 1 aromatic rings. The number of allylic oxidation sites excluding steroid dienone is 2. The Kier molecular flexibility index (Phi) is 7.43. The molecule has 1 aromatic carbocycles. The number of anilines is 1. The molecule has 4 aliphatic rings. The smallest absolute Gasteiger partial charge is 0.335 e. The fourth-order valence-corrected chi connectivity index (χ4v) is 5.44. The molecule has 2 fully saturated rings. The van der Waals surface area contributed by atoms with Crippen LogP contribution in [0.5, 0.6) is 0 Å². The third-order valence-electron chi connectivity index (χ3n) is 7.18. The van der Waals surface area contributed by atoms with Crippen molar-refractivity contribution in [3.63, 3.8) is 0 Å². The van der Waals surface area contributed by atoms with Crippen LogP contribution in [-0.4, -0.2) is 80.8 Å². The second-order valence-corrected chi connectivity index (χ2v) is 10.2. The van der Waals surface area contributed by atoms with Crippen molar-refractivity contribution in [2.24, 2.45) is 0 Å². The zero-order chi connectivity index (χ0) is 27.0. The number of likely N-dealkylation sites (tertiary alicyclic amines) is 1. The van der Waals surface area contributed by atoms with Crippen LogP contribution in [0, 0.1) is 11.6 Å². The number of hydrogen-bond acceptors (Lipinski definition) is 8. The number of rotatable bonds is 6. The Bertz CT molecular complexity index is 1180. The number of benzene rings is 1. The van der Waals surface area contributed by atoms with Gasteiger partial charge >= 0.3 is 5.97 Å². The number of fused-ring (bicyclic) bond motifs is 1. The van der Waals surface area contributed by atoms with E-state index in [0.717, 1.165) is 18.7 Å². The zero-order valence-corrected chi connectivity index (χ0v) is 21.8. The molecule has 11 heteroatoms. The number of halogens is 3. The maximum Gasteiger partial charge on any atom is 0.335 e. The van der Waals surface area contributed by atoms with E-state index >= 15 is 4.39 Å². The molecule has 2 atom stereocenters. The lowest BCUT2D eigenvalue weighted by molar-refractivity contribution is -0.193. The molecule has 5 rings (SSSR count). The normalized spacial score (nSPS) is 24.8. The van der Waals surface area contributed by atoms with Gasteiger partial charge in [0.05, 0.1) is 30.6 Å². The molecule has 8 nitrogen and oxygen atoms in total. The summed E-state index contributed by atoms with van der Waals surface area (Å²) in [7, 11) is 3.97. The molecule has 2 unspecified atom stereocenters. The predicted octanol–water partition coefficient (Wildman–Crippen LogP) is 3.39. The van der Waals surface area contributed by atoms with E-state index in [1.54, 1.807) is 6.92 Å². The molecule has 1 spiro atoms. The maximum atomic E-state index is 15.5. The summed E-state index contributed by atoms with van der Waals surface area (Å²) in [6.45, 7) is 4.13. The van der Waals surface area contributed by atoms with Crippen molar-refractivity contribution in [3.05, 3.63) is 64.9 Å². The SMILES string of the molecule is CCOC(=O)C1=CN(c2ccc(F)cc2F)C2NC(N3CCC4(CC3)OCC(CN(C)C)O4)=C(F)C=C2C1. The second-order valence-electron chi connectivity index (χ2n) is 10.2. The molecule has 1 N–H and O–H groups in total. The van der Waals surface area contributed by atoms with Gasteiger partial charge in [-0.05, 0) is 44.8 Å². The molecule has 38 heavy (non-hydrogen) atoms. The Morgan fingerprint density at radius 1 is 1.24 bits per heavy atom. The maximum absolute atomic E-state index is 15.5. The number of nitrogens with one attached hydrogen (secondary N) is 1. The van der Waals surface area contributed by atoms with Crippen molar-refractivity contribution in [1.29, 1.82) is 0 Å². The van der Waals surface area contributed by atoms with Crippen LogP contribution in [0.25, 0.3) is 0 Å². The molecule has 206 valence electrons. The molecule has 0 radical (unpaired) electrons. The van der Waals surface area contributed by atoms with Crippen LogP contribution in [0.1, 0.15) is 26.2 Å². The van der Waals surface area contributed by atoms with Crippen molar-refractivity contribution in [3.8, 4) is 0 Å². The van der Waals surface area contributed by atoms with E-state index in [-0.39, 0.29) is 36.2 Å². The van der Waals surface area contributed by atoms with Crippen LogP contribution in [-0.2, 0) is 19.0 Å². The Balaban J connectivity index is 1.37. The van der Waals surface area contributed by atoms with Gasteiger partial charge in [0.25, 0.3) is 0 Å². The Labute approximate surface area is 220 Å². The summed E-state index contributed by atoms with van der Waals surface area (Å²) >= 11 is 0. The van der Waals surface area contributed by atoms with Crippen LogP contribution in [0.3, 0.4) is 0 Å². The van der Waals surface area contributed by atoms with Crippen LogP contribution >= 0.6 is 0 Å². The van der Waals surface area contributed by atoms with Crippen molar-refractivity contribution < 1.29 is 32.2 Å². The van der Waals surface area contributed by atoms with Gasteiger partial charge in [0.15, 0.2) is 11.6 Å². The highest BCUT2D eigenvalue weighted by atomic mass is 19.1. The number of esters is 1. The van der Waals surface area contributed by atoms with Crippen molar-refractivity contribution >= 4 is 11.7 Å². The van der Waals surface area contributed by atoms with Gasteiger partial charge in [0, 0.05) is 51.2 Å². The first-order valence-electron chi connectivity index (χ1n) is 12.9. The lowest BCUT2D eigenvalue weighted by atomic mass is 9.95. The van der Waals surface area contributed by atoms with Gasteiger partial charge in [0.2, 0.25) is 0 Å². The molecule has 4 aliphatic heterocycles. The summed E-state index contributed by atoms with van der Waals surface area (Å²) < 4.78 is 61.4. The monoisotopic (exact) mass is 534 g/mol. The first-order valence-corrected chi connectivity index (χ1v) is 12.9. The lowest BCUT2D eigenvalue weighted by Crippen LogP contribution is -2.54. The molecular weight excluding hydrogens is 501 g/mol. The van der Waals surface area contributed by atoms with E-state index in [2.05, 4.69) is 10.2 Å². The fourth-order valence-electron chi connectivity index (χ4n) is 5.44. The molecule has 2 saturated heterocycles. The standard InChI is InChI=1S/C27H33F3N4O4/c1-4-36-26(35)18-11-17-12-22(30)25(31-24(17)34(14-18)23-6-5-19(28)13-21(23)29)33-9-7-27(8-10-33)37-16-20(38-27)15-32(2)3/h5-6,12-14,20,24,31H,4,7-11,15-16H2,1-3H3. The average molecular weight is 535 g/mol. The van der Waals surface area contributed by atoms with Gasteiger partial charge in [0.1, 0.15) is 23.6 Å². The fraction of sp³-hybridized carbons (Fsp3) is 0.519. The van der Waals surface area contributed by atoms with Crippen LogP contribution < -0.4 is 10.2 Å². The van der Waals surface area contributed by atoms with Gasteiger partial charge in [-0.1, -0.05) is 0 Å². The average Bonchev–Trinajstić information content (AvgIpc) is 3.25. The summed E-state index contributed by atoms with van der Waals surface area (Å²) in [6.07, 6.45) is 3.46. The lowest BCUT2D eigenvalue weighted by Gasteiger charge is -2.45. The molecular formula is C27H33F3N4O4. The van der Waals surface area contributed by atoms with Crippen LogP contribution in [0.4, 0.5) is 18.9 Å². The Hall–Kier alpha value is -3.02. The van der Waals surface area contributed by atoms with E-state index in [9.17, 15) is 13.6 Å². The highest BCUT2D eigenvalue weighted by Crippen LogP contribution is 2.39. The highest BCUT2D eigenvalue weighted by Gasteiger charge is 2.45. The van der Waals surface area contributed by atoms with Gasteiger partial charge in [-0.15, -0.1) is 0 Å². The van der Waals surface area contributed by atoms with Gasteiger partial charge in [-0.25, -0.2) is 18.0 Å². The first-order chi connectivity index (χ1) is 18.2. The molecule has 0 aromatic heterocycles. The number of likely N-dealkylation sites (N-methyl/N-ethyl adjacent to an activating group) is 1. The molecule has 0 amide bonds. The number of carbonyl (C=O) groups is 1. The summed E-state index contributed by atoms with van der Waals surface area (Å²) in [5.41, 5.74) is 0.831. The largest absolute Gasteiger partial charge is 0.463 e. The van der Waals surface area contributed by atoms with Crippen LogP contribution in [0.15, 0.2) is 53.3 Å². The molecule has 0 bridgehead atoms. The predicted molar refractivity (Wildman–Crippen MR) is 134 cm³/mol. The van der Waals surface area contributed by atoms with E-state index < -0.39 is 35.4 Å². The summed E-state index contributed by atoms with van der Waals surface area (Å²) in [6, 6.07) is 3.22. The molecule has 0 aliphatic carbocycles. The second kappa shape index (κ2) is 10.6. The minimum atomic E-state index is -0.799. The quantitative estimate of drug-likeness (QED) is 0.558. The van der Waals surface area contributed by atoms with Crippen molar-refractivity contribution in [1.82, 2.24) is 15.1 Å². The highest BCUT2D eigenvalue weighted by molar-refractivity contribution is 5.90. The van der Waals surface area contributed by atoms with E-state index in [0.29, 0.717) is 38.1 Å². The topological polar surface area (TPSA) is 66.5 Å². The number of piperidine rings is 1. The third kappa shape index (κ3) is 5.27. The zero-order valence-electron chi connectivity index (χ0n) is 21.8. The minimum absolute atomic E-state index is 0.00687. The number of nitrogens with zero attached hydrogens (tertiary/aromatic N) is 3. The van der Waals surface area contributed by atoms with E-state index in [4.69, 9.17) is 14.2 Å². The van der Waals surface area contributed by atoms with Gasteiger partial charge < -0.3 is 34.2 Å². The van der Waals surface area contributed by atoms with Crippen molar-refractivity contribution in [2.75, 3.05) is 51.8 Å². The number of hydrogen-bond donors (Lipinski definition) is 1. The number of carbonyl (C=O) groups excluding carboxylic acids is 1. The molecule has 4 heterocycles. The van der Waals surface area contributed by atoms with E-state index in [1.807, 2.05) is 19.0 Å². The minimum Gasteiger partial charge on any atom is -0.463 e. The first kappa shape index (κ1) is 26.6. The Morgan fingerprint density at radius 3 is 2.68 bits per heavy atom. The Morgan fingerprint density at radius 2 is 2.00 bits per heavy atom. The summed E-state index contributed by atoms with van der Waals surface area (Å²) in [4.78, 5) is 18.0. The van der Waals surface area contributed by atoms with E-state index in [1.165, 1.54) is 23.2 Å². The van der Waals surface area contributed by atoms with Gasteiger partial charge in [-0.3, -0.25) is 0 Å². The summed E-state index contributed by atoms with van der Waals surface area (Å²) in [5.74, 6) is -2.96. The van der Waals surface area contributed by atoms with Gasteiger partial charge in [-0.2, -0.15) is 0 Å². The third-order valence-corrected chi connectivity index (χ3v) is 7.18. The summed E-state index contributed by atoms with van der Waals surface area (Å²) in [5, 5.41) is 3.21. The molecule has 0 saturated carbocycles. The number of ether oxygens (including phenoxy) is 3.